The van der Waals surface area contributed by atoms with Crippen LogP contribution >= 0.6 is 23.2 Å². The van der Waals surface area contributed by atoms with Crippen molar-refractivity contribution in [2.75, 3.05) is 6.61 Å². The number of aliphatic carboxylic acids is 1. The number of carboxylic acid groups (broad SMARTS) is 1. The molecule has 0 aliphatic rings. The number of aromatic nitrogens is 2. The summed E-state index contributed by atoms with van der Waals surface area (Å²) in [5.41, 5.74) is 3.20. The Labute approximate surface area is 253 Å². The number of carbonyl (C=O) groups is 1. The summed E-state index contributed by atoms with van der Waals surface area (Å²) >= 11 is 13.1. The van der Waals surface area contributed by atoms with Gasteiger partial charge >= 0.3 is 5.97 Å². The molecule has 0 amide bonds. The maximum absolute atomic E-state index is 14.5. The largest absolute Gasteiger partial charge is 0.488 e. The number of nitrogens with one attached hydrogen (secondary N) is 1. The van der Waals surface area contributed by atoms with Crippen LogP contribution in [-0.4, -0.2) is 39.1 Å². The summed E-state index contributed by atoms with van der Waals surface area (Å²) in [6.45, 7) is -0.578. The summed E-state index contributed by atoms with van der Waals surface area (Å²) in [6, 6.07) is 15.9. The van der Waals surface area contributed by atoms with E-state index in [1.165, 1.54) is 12.1 Å². The zero-order chi connectivity index (χ0) is 30.5. The minimum Gasteiger partial charge on any atom is -0.488 e. The van der Waals surface area contributed by atoms with E-state index in [9.17, 15) is 23.8 Å². The van der Waals surface area contributed by atoms with Gasteiger partial charge < -0.3 is 19.7 Å². The van der Waals surface area contributed by atoms with Gasteiger partial charge in [-0.1, -0.05) is 59.6 Å². The predicted octanol–water partition coefficient (Wildman–Crippen LogP) is 6.17. The zero-order valence-electron chi connectivity index (χ0n) is 22.2. The average molecular weight is 630 g/mol. The highest BCUT2D eigenvalue weighted by atomic mass is 35.5. The van der Waals surface area contributed by atoms with Gasteiger partial charge in [-0.25, -0.2) is 13.4 Å². The molecule has 4 aromatic carbocycles. The number of fused-ring (bicyclic) bond motifs is 1. The molecule has 3 N–H and O–H groups in total. The van der Waals surface area contributed by atoms with Gasteiger partial charge in [0.05, 0.1) is 16.7 Å². The van der Waals surface area contributed by atoms with Crippen molar-refractivity contribution >= 4 is 40.2 Å². The van der Waals surface area contributed by atoms with E-state index in [0.717, 1.165) is 11.6 Å². The Balaban J connectivity index is 1.40. The minimum absolute atomic E-state index is 0.00612. The van der Waals surface area contributed by atoms with E-state index in [-0.39, 0.29) is 41.1 Å². The van der Waals surface area contributed by atoms with Gasteiger partial charge in [-0.15, -0.1) is 0 Å². The van der Waals surface area contributed by atoms with Gasteiger partial charge in [0.1, 0.15) is 41.8 Å². The summed E-state index contributed by atoms with van der Waals surface area (Å²) in [4.78, 5) is 11.4. The van der Waals surface area contributed by atoms with Crippen LogP contribution in [-0.2, 0) is 24.6 Å². The van der Waals surface area contributed by atoms with Crippen molar-refractivity contribution in [1.29, 1.82) is 0 Å². The highest BCUT2D eigenvalue weighted by Gasteiger charge is 2.19. The fourth-order valence-electron chi connectivity index (χ4n) is 4.27. The molecule has 1 aromatic heterocycles. The third-order valence-electron chi connectivity index (χ3n) is 6.55. The predicted molar refractivity (Wildman–Crippen MR) is 154 cm³/mol. The van der Waals surface area contributed by atoms with Crippen LogP contribution in [0.5, 0.6) is 11.5 Å². The smallest absolute Gasteiger partial charge is 0.323 e. The van der Waals surface area contributed by atoms with E-state index in [0.29, 0.717) is 33.5 Å². The summed E-state index contributed by atoms with van der Waals surface area (Å²) in [7, 11) is 0. The molecule has 1 atom stereocenters. The minimum atomic E-state index is -1.22. The second-order valence-electron chi connectivity index (χ2n) is 9.39. The van der Waals surface area contributed by atoms with E-state index in [1.54, 1.807) is 48.5 Å². The fraction of sp³-hybridized carbons (Fsp3) is 0.167. The van der Waals surface area contributed by atoms with Crippen LogP contribution in [0.1, 0.15) is 16.7 Å². The normalized spacial score (nSPS) is 11.9. The number of hydrogen-bond acceptors (Lipinski definition) is 8. The molecule has 1 heterocycles. The Kier molecular flexibility index (Phi) is 9.37. The molecular formula is C30H23Cl2F2N3O6. The molecule has 0 bridgehead atoms. The lowest BCUT2D eigenvalue weighted by atomic mass is 10.0. The lowest BCUT2D eigenvalue weighted by Crippen LogP contribution is -2.39. The lowest BCUT2D eigenvalue weighted by molar-refractivity contribution is -0.140. The first kappa shape index (κ1) is 30.2. The number of hydrogen-bond donors (Lipinski definition) is 3. The fourth-order valence-corrected chi connectivity index (χ4v) is 4.79. The first-order valence-corrected chi connectivity index (χ1v) is 13.6. The Morgan fingerprint density at radius 2 is 1.65 bits per heavy atom. The van der Waals surface area contributed by atoms with Gasteiger partial charge in [0.15, 0.2) is 11.6 Å². The van der Waals surface area contributed by atoms with Gasteiger partial charge in [-0.3, -0.25) is 10.1 Å². The topological polar surface area (TPSA) is 127 Å². The van der Waals surface area contributed by atoms with Gasteiger partial charge in [-0.05, 0) is 40.1 Å². The molecule has 5 aromatic rings. The Bertz CT molecular complexity index is 1780. The number of nitrogens with zero attached hydrogens (tertiary/aromatic N) is 2. The van der Waals surface area contributed by atoms with Crippen molar-refractivity contribution in [3.63, 3.8) is 0 Å². The van der Waals surface area contributed by atoms with Crippen LogP contribution in [0, 0.1) is 11.6 Å². The summed E-state index contributed by atoms with van der Waals surface area (Å²) in [5.74, 6) is -2.67. The summed E-state index contributed by atoms with van der Waals surface area (Å²) < 4.78 is 45.1. The summed E-state index contributed by atoms with van der Waals surface area (Å²) in [6.07, 6.45) is 0. The number of rotatable bonds is 12. The van der Waals surface area contributed by atoms with Crippen molar-refractivity contribution in [1.82, 2.24) is 15.6 Å². The maximum Gasteiger partial charge on any atom is 0.323 e. The zero-order valence-corrected chi connectivity index (χ0v) is 23.7. The van der Waals surface area contributed by atoms with Crippen LogP contribution in [0.4, 0.5) is 8.78 Å². The van der Waals surface area contributed by atoms with Crippen molar-refractivity contribution in [3.05, 3.63) is 105 Å². The number of halogens is 4. The van der Waals surface area contributed by atoms with Crippen LogP contribution in [0.2, 0.25) is 10.0 Å². The van der Waals surface area contributed by atoms with Gasteiger partial charge in [0, 0.05) is 34.9 Å². The number of benzene rings is 4. The summed E-state index contributed by atoms with van der Waals surface area (Å²) in [5, 5.41) is 29.4. The van der Waals surface area contributed by atoms with Gasteiger partial charge in [0.25, 0.3) is 0 Å². The molecule has 5 rings (SSSR count). The highest BCUT2D eigenvalue weighted by Crippen LogP contribution is 2.37. The van der Waals surface area contributed by atoms with Gasteiger partial charge in [0.2, 0.25) is 0 Å². The van der Waals surface area contributed by atoms with E-state index >= 15 is 0 Å². The number of aliphatic hydroxyl groups excluding tert-OH is 1. The molecular weight excluding hydrogens is 607 g/mol. The molecule has 0 radical (unpaired) electrons. The average Bonchev–Trinajstić information content (AvgIpc) is 3.46. The van der Waals surface area contributed by atoms with Crippen molar-refractivity contribution in [2.45, 2.75) is 25.8 Å². The molecule has 0 saturated heterocycles. The van der Waals surface area contributed by atoms with E-state index in [4.69, 9.17) is 37.3 Å². The molecule has 9 nitrogen and oxygen atoms in total. The van der Waals surface area contributed by atoms with Crippen LogP contribution < -0.4 is 14.8 Å². The van der Waals surface area contributed by atoms with Crippen molar-refractivity contribution in [3.8, 4) is 22.6 Å². The van der Waals surface area contributed by atoms with E-state index in [1.807, 2.05) is 0 Å². The first-order valence-electron chi connectivity index (χ1n) is 12.8. The van der Waals surface area contributed by atoms with Crippen LogP contribution in [0.3, 0.4) is 0 Å². The third kappa shape index (κ3) is 6.86. The lowest BCUT2D eigenvalue weighted by Gasteiger charge is -2.18. The Hall–Kier alpha value is -4.29. The van der Waals surface area contributed by atoms with E-state index in [2.05, 4.69) is 15.6 Å². The first-order chi connectivity index (χ1) is 20.7. The van der Waals surface area contributed by atoms with Crippen LogP contribution in [0.15, 0.2) is 71.4 Å². The number of carboxylic acids is 1. The van der Waals surface area contributed by atoms with Crippen molar-refractivity contribution < 1.29 is 37.9 Å². The molecule has 1 unspecified atom stereocenters. The molecule has 0 fully saturated rings. The van der Waals surface area contributed by atoms with E-state index < -0.39 is 30.3 Å². The van der Waals surface area contributed by atoms with Crippen LogP contribution in [0.25, 0.3) is 22.2 Å². The molecule has 222 valence electrons. The molecule has 13 heteroatoms. The standard InChI is InChI=1S/C30H23Cl2F2N3O6/c31-21-10-18(12-35-25(13-38)30(39)40)26(41-14-16-7-8-23-24(9-16)37-43-36-23)11-27(21)42-15-17-3-1-4-19(28(17)32)20-5-2-6-22(33)29(20)34/h1-11,25,35,38H,12-15H2,(H,39,40). The number of aliphatic hydroxyl groups is 1. The SMILES string of the molecule is O=C(O)C(CO)NCc1cc(Cl)c(OCc2cccc(-c3cccc(F)c3F)c2Cl)cc1OCc1ccc2nonc2c1. The second kappa shape index (κ2) is 13.3. The maximum atomic E-state index is 14.5. The third-order valence-corrected chi connectivity index (χ3v) is 7.29. The Morgan fingerprint density at radius 1 is 0.907 bits per heavy atom. The Morgan fingerprint density at radius 3 is 2.44 bits per heavy atom. The number of ether oxygens (including phenoxy) is 2. The molecule has 43 heavy (non-hydrogen) atoms. The molecule has 0 saturated carbocycles. The van der Waals surface area contributed by atoms with Crippen molar-refractivity contribution in [2.24, 2.45) is 0 Å². The highest BCUT2D eigenvalue weighted by molar-refractivity contribution is 6.34. The second-order valence-corrected chi connectivity index (χ2v) is 10.2. The van der Waals surface area contributed by atoms with Gasteiger partial charge in [-0.2, -0.15) is 0 Å². The molecule has 0 spiro atoms. The molecule has 0 aliphatic carbocycles. The quantitative estimate of drug-likeness (QED) is 0.148. The molecule has 0 aliphatic heterocycles. The monoisotopic (exact) mass is 629 g/mol.